The number of Topliss-reactive ketones (excluding diaryl/α,β-unsaturated/α-hetero) is 1. The Balaban J connectivity index is 2.42. The highest BCUT2D eigenvalue weighted by atomic mass is 16.3. The number of ketones is 1. The van der Waals surface area contributed by atoms with Crippen molar-refractivity contribution in [2.75, 3.05) is 18.1 Å². The summed E-state index contributed by atoms with van der Waals surface area (Å²) in [6.45, 7) is 9.48. The van der Waals surface area contributed by atoms with Crippen LogP contribution in [-0.2, 0) is 6.54 Å². The van der Waals surface area contributed by atoms with Crippen molar-refractivity contribution in [3.8, 4) is 0 Å². The Morgan fingerprint density at radius 3 is 2.33 bits per heavy atom. The summed E-state index contributed by atoms with van der Waals surface area (Å²) in [7, 11) is 0. The topological polar surface area (TPSA) is 40.5 Å². The molecule has 0 aromatic heterocycles. The fourth-order valence-electron chi connectivity index (χ4n) is 3.40. The summed E-state index contributed by atoms with van der Waals surface area (Å²) < 4.78 is 0. The maximum atomic E-state index is 12.0. The first-order chi connectivity index (χ1) is 11.5. The highest BCUT2D eigenvalue weighted by Gasteiger charge is 2.17. The molecule has 0 heterocycles. The number of benzene rings is 2. The lowest BCUT2D eigenvalue weighted by Crippen LogP contribution is -2.26. The molecule has 0 saturated heterocycles. The molecule has 0 amide bonds. The summed E-state index contributed by atoms with van der Waals surface area (Å²) in [4.78, 5) is 14.3. The monoisotopic (exact) mass is 325 g/mol. The van der Waals surface area contributed by atoms with Gasteiger partial charge in [-0.1, -0.05) is 24.3 Å². The molecule has 2 aromatic carbocycles. The van der Waals surface area contributed by atoms with Crippen LogP contribution in [-0.4, -0.2) is 24.0 Å². The molecule has 128 valence electrons. The predicted molar refractivity (Wildman–Crippen MR) is 99.9 cm³/mol. The van der Waals surface area contributed by atoms with Gasteiger partial charge in [0.1, 0.15) is 0 Å². The van der Waals surface area contributed by atoms with E-state index < -0.39 is 0 Å². The van der Waals surface area contributed by atoms with Crippen LogP contribution >= 0.6 is 0 Å². The van der Waals surface area contributed by atoms with Gasteiger partial charge in [-0.2, -0.15) is 0 Å². The Morgan fingerprint density at radius 1 is 1.08 bits per heavy atom. The van der Waals surface area contributed by atoms with Gasteiger partial charge in [-0.15, -0.1) is 0 Å². The van der Waals surface area contributed by atoms with E-state index >= 15 is 0 Å². The highest BCUT2D eigenvalue weighted by Crippen LogP contribution is 2.26. The molecule has 0 aliphatic rings. The number of hydrogen-bond donors (Lipinski definition) is 1. The molecule has 0 saturated carbocycles. The normalized spacial score (nSPS) is 10.7. The highest BCUT2D eigenvalue weighted by molar-refractivity contribution is 5.97. The molecule has 0 fully saturated rings. The van der Waals surface area contributed by atoms with Crippen molar-refractivity contribution in [3.63, 3.8) is 0 Å². The summed E-state index contributed by atoms with van der Waals surface area (Å²) in [5.74, 6) is 0.118. The summed E-state index contributed by atoms with van der Waals surface area (Å²) in [6.07, 6.45) is 0.721. The van der Waals surface area contributed by atoms with Crippen LogP contribution in [0.25, 0.3) is 0 Å². The summed E-state index contributed by atoms with van der Waals surface area (Å²) in [5, 5.41) is 9.22. The maximum Gasteiger partial charge on any atom is 0.160 e. The minimum Gasteiger partial charge on any atom is -0.396 e. The predicted octanol–water partition coefficient (Wildman–Crippen LogP) is 4.20. The van der Waals surface area contributed by atoms with Crippen LogP contribution in [0.2, 0.25) is 0 Å². The standard InChI is InChI=1S/C21H27NO2/c1-15-13-16(2)21(18(4)24)17(3)20(15)14-22(11-8-12-23)19-9-6-5-7-10-19/h5-7,9-10,13,23H,8,11-12,14H2,1-4H3. The van der Waals surface area contributed by atoms with Crippen molar-refractivity contribution in [3.05, 3.63) is 64.2 Å². The van der Waals surface area contributed by atoms with Gasteiger partial charge in [0.05, 0.1) is 0 Å². The third-order valence-corrected chi connectivity index (χ3v) is 4.54. The van der Waals surface area contributed by atoms with Crippen LogP contribution in [0.1, 0.15) is 46.0 Å². The Morgan fingerprint density at radius 2 is 1.75 bits per heavy atom. The number of rotatable bonds is 7. The molecule has 0 bridgehead atoms. The molecule has 0 radical (unpaired) electrons. The average molecular weight is 325 g/mol. The van der Waals surface area contributed by atoms with E-state index in [0.29, 0.717) is 0 Å². The van der Waals surface area contributed by atoms with Crippen LogP contribution in [0.5, 0.6) is 0 Å². The van der Waals surface area contributed by atoms with E-state index in [9.17, 15) is 9.90 Å². The lowest BCUT2D eigenvalue weighted by molar-refractivity contribution is 0.101. The Kier molecular flexibility index (Phi) is 6.16. The number of para-hydroxylation sites is 1. The Labute approximate surface area is 144 Å². The quantitative estimate of drug-likeness (QED) is 0.776. The number of aryl methyl sites for hydroxylation is 2. The lowest BCUT2D eigenvalue weighted by atomic mass is 9.91. The zero-order valence-electron chi connectivity index (χ0n) is 15.1. The Bertz CT molecular complexity index is 708. The minimum absolute atomic E-state index is 0.118. The zero-order chi connectivity index (χ0) is 17.7. The largest absolute Gasteiger partial charge is 0.396 e. The van der Waals surface area contributed by atoms with E-state index in [1.807, 2.05) is 32.0 Å². The third kappa shape index (κ3) is 4.04. The van der Waals surface area contributed by atoms with Crippen molar-refractivity contribution in [1.29, 1.82) is 0 Å². The van der Waals surface area contributed by atoms with Crippen LogP contribution in [0.15, 0.2) is 36.4 Å². The van der Waals surface area contributed by atoms with Gasteiger partial charge in [0, 0.05) is 30.9 Å². The van der Waals surface area contributed by atoms with Gasteiger partial charge in [-0.3, -0.25) is 4.79 Å². The van der Waals surface area contributed by atoms with Crippen LogP contribution < -0.4 is 4.90 Å². The lowest BCUT2D eigenvalue weighted by Gasteiger charge is -2.27. The molecule has 0 unspecified atom stereocenters. The van der Waals surface area contributed by atoms with Gasteiger partial charge in [0.15, 0.2) is 5.78 Å². The van der Waals surface area contributed by atoms with Crippen molar-refractivity contribution in [1.82, 2.24) is 0 Å². The molecular weight excluding hydrogens is 298 g/mol. The SMILES string of the molecule is CC(=O)c1c(C)cc(C)c(CN(CCCO)c2ccccc2)c1C. The summed E-state index contributed by atoms with van der Waals surface area (Å²) in [5.41, 5.74) is 6.50. The number of aliphatic hydroxyl groups excluding tert-OH is 1. The number of carbonyl (C=O) groups is 1. The first kappa shape index (κ1) is 18.2. The number of nitrogens with zero attached hydrogens (tertiary/aromatic N) is 1. The second-order valence-electron chi connectivity index (χ2n) is 6.38. The van der Waals surface area contributed by atoms with E-state index in [4.69, 9.17) is 0 Å². The Hall–Kier alpha value is -2.13. The van der Waals surface area contributed by atoms with Gasteiger partial charge >= 0.3 is 0 Å². The van der Waals surface area contributed by atoms with E-state index in [1.165, 1.54) is 11.1 Å². The fourth-order valence-corrected chi connectivity index (χ4v) is 3.40. The van der Waals surface area contributed by atoms with E-state index in [1.54, 1.807) is 6.92 Å². The van der Waals surface area contributed by atoms with E-state index in [-0.39, 0.29) is 12.4 Å². The van der Waals surface area contributed by atoms with E-state index in [2.05, 4.69) is 30.0 Å². The molecule has 0 spiro atoms. The number of hydrogen-bond acceptors (Lipinski definition) is 3. The smallest absolute Gasteiger partial charge is 0.160 e. The van der Waals surface area contributed by atoms with Crippen LogP contribution in [0.4, 0.5) is 5.69 Å². The van der Waals surface area contributed by atoms with Gasteiger partial charge in [-0.05, 0) is 68.5 Å². The molecular formula is C21H27NO2. The number of aliphatic hydroxyl groups is 1. The third-order valence-electron chi connectivity index (χ3n) is 4.54. The van der Waals surface area contributed by atoms with Crippen molar-refractivity contribution in [2.24, 2.45) is 0 Å². The number of carbonyl (C=O) groups excluding carboxylic acids is 1. The molecule has 0 aliphatic heterocycles. The molecule has 2 rings (SSSR count). The molecule has 24 heavy (non-hydrogen) atoms. The first-order valence-corrected chi connectivity index (χ1v) is 8.47. The number of anilines is 1. The molecule has 0 aliphatic carbocycles. The average Bonchev–Trinajstić information content (AvgIpc) is 2.54. The second kappa shape index (κ2) is 8.11. The van der Waals surface area contributed by atoms with Crippen molar-refractivity contribution in [2.45, 2.75) is 40.7 Å². The van der Waals surface area contributed by atoms with Crippen LogP contribution in [0, 0.1) is 20.8 Å². The molecule has 2 aromatic rings. The second-order valence-corrected chi connectivity index (χ2v) is 6.38. The van der Waals surface area contributed by atoms with E-state index in [0.717, 1.165) is 41.9 Å². The van der Waals surface area contributed by atoms with Gasteiger partial charge in [-0.25, -0.2) is 0 Å². The fraction of sp³-hybridized carbons (Fsp3) is 0.381. The minimum atomic E-state index is 0.118. The first-order valence-electron chi connectivity index (χ1n) is 8.47. The summed E-state index contributed by atoms with van der Waals surface area (Å²) >= 11 is 0. The van der Waals surface area contributed by atoms with Crippen molar-refractivity contribution >= 4 is 11.5 Å². The zero-order valence-corrected chi connectivity index (χ0v) is 15.1. The van der Waals surface area contributed by atoms with Gasteiger partial charge in [0.25, 0.3) is 0 Å². The summed E-state index contributed by atoms with van der Waals surface area (Å²) in [6, 6.07) is 12.3. The molecule has 0 atom stereocenters. The maximum absolute atomic E-state index is 12.0. The van der Waals surface area contributed by atoms with Crippen molar-refractivity contribution < 1.29 is 9.90 Å². The van der Waals surface area contributed by atoms with Crippen LogP contribution in [0.3, 0.4) is 0 Å². The molecule has 3 heteroatoms. The molecule has 3 nitrogen and oxygen atoms in total. The molecule has 1 N–H and O–H groups in total. The van der Waals surface area contributed by atoms with Gasteiger partial charge in [0.2, 0.25) is 0 Å². The van der Waals surface area contributed by atoms with Gasteiger partial charge < -0.3 is 10.0 Å².